The molecule has 0 rings (SSSR count). The molecule has 0 aliphatic rings. The Bertz CT molecular complexity index is 1460. The number of carbonyl (C=O) groups is 3. The van der Waals surface area contributed by atoms with Crippen molar-refractivity contribution in [3.05, 3.63) is 146 Å². The van der Waals surface area contributed by atoms with E-state index in [4.69, 9.17) is 14.2 Å². The Labute approximate surface area is 385 Å². The van der Waals surface area contributed by atoms with E-state index in [1.54, 1.807) is 0 Å². The normalized spacial score (nSPS) is 13.4. The molecule has 0 saturated heterocycles. The summed E-state index contributed by atoms with van der Waals surface area (Å²) in [6.07, 6.45) is 71.3. The maximum atomic E-state index is 12.8. The number of esters is 3. The van der Waals surface area contributed by atoms with Gasteiger partial charge in [-0.05, 0) is 122 Å². The van der Waals surface area contributed by atoms with Gasteiger partial charge in [0.2, 0.25) is 0 Å². The van der Waals surface area contributed by atoms with Gasteiger partial charge in [-0.25, -0.2) is 0 Å². The van der Waals surface area contributed by atoms with Crippen molar-refractivity contribution in [3.63, 3.8) is 0 Å². The van der Waals surface area contributed by atoms with Gasteiger partial charge in [0.1, 0.15) is 13.2 Å². The van der Waals surface area contributed by atoms with Gasteiger partial charge in [0.05, 0.1) is 0 Å². The van der Waals surface area contributed by atoms with E-state index < -0.39 is 6.10 Å². The number of allylic oxidation sites excluding steroid dienone is 24. The van der Waals surface area contributed by atoms with Gasteiger partial charge in [-0.3, -0.25) is 14.4 Å². The van der Waals surface area contributed by atoms with Crippen LogP contribution < -0.4 is 0 Å². The molecule has 0 bridgehead atoms. The number of ether oxygens (including phenoxy) is 3. The molecule has 0 spiro atoms. The molecule has 0 radical (unpaired) electrons. The quantitative estimate of drug-likeness (QED) is 0.0264. The van der Waals surface area contributed by atoms with Gasteiger partial charge >= 0.3 is 17.9 Å². The maximum Gasteiger partial charge on any atom is 0.306 e. The fraction of sp³-hybridized carbons (Fsp3) is 0.526. The highest BCUT2D eigenvalue weighted by Gasteiger charge is 2.19. The van der Waals surface area contributed by atoms with Crippen LogP contribution in [0.25, 0.3) is 0 Å². The van der Waals surface area contributed by atoms with Gasteiger partial charge in [-0.15, -0.1) is 0 Å². The van der Waals surface area contributed by atoms with Gasteiger partial charge in [0, 0.05) is 19.3 Å². The highest BCUT2D eigenvalue weighted by molar-refractivity contribution is 5.71. The van der Waals surface area contributed by atoms with Crippen LogP contribution in [0.1, 0.15) is 175 Å². The van der Waals surface area contributed by atoms with Crippen molar-refractivity contribution < 1.29 is 28.6 Å². The predicted octanol–water partition coefficient (Wildman–Crippen LogP) is 16.1. The fourth-order valence-electron chi connectivity index (χ4n) is 5.79. The molecule has 0 aromatic carbocycles. The van der Waals surface area contributed by atoms with Crippen molar-refractivity contribution in [2.75, 3.05) is 13.2 Å². The molecule has 0 aromatic rings. The third kappa shape index (κ3) is 48.2. The van der Waals surface area contributed by atoms with Crippen molar-refractivity contribution in [3.8, 4) is 0 Å². The van der Waals surface area contributed by atoms with E-state index in [2.05, 4.69) is 154 Å². The molecule has 1 atom stereocenters. The second-order valence-electron chi connectivity index (χ2n) is 15.2. The molecule has 0 N–H and O–H groups in total. The average Bonchev–Trinajstić information content (AvgIpc) is 3.28. The molecule has 0 aliphatic heterocycles. The summed E-state index contributed by atoms with van der Waals surface area (Å²) in [6, 6.07) is 0. The monoisotopic (exact) mass is 867 g/mol. The van der Waals surface area contributed by atoms with Crippen molar-refractivity contribution >= 4 is 17.9 Å². The zero-order chi connectivity index (χ0) is 45.8. The fourth-order valence-corrected chi connectivity index (χ4v) is 5.79. The van der Waals surface area contributed by atoms with Crippen LogP contribution >= 0.6 is 0 Å². The highest BCUT2D eigenvalue weighted by Crippen LogP contribution is 2.10. The standard InChI is InChI=1S/C57H86O6/c1-4-7-10-13-16-19-22-25-27-28-30-32-35-38-41-44-47-50-56(59)62-53-54(52-61-55(58)49-46-43-40-37-34-31-24-21-18-15-12-9-6-3)63-57(60)51-48-45-42-39-36-33-29-26-23-20-17-14-11-8-5-2/h7-12,16-21,25-27,29-32,34,36,39-40,43,54H,4-6,13-15,22-24,28,33,35,37-38,41-42,44-53H2,1-3H3/b10-7-,11-8-,12-9-,19-16-,20-17-,21-18-,27-25-,29-26-,32-30-,34-31-,39-36-,43-40-. The van der Waals surface area contributed by atoms with Crippen LogP contribution in [0.3, 0.4) is 0 Å². The second kappa shape index (κ2) is 49.9. The smallest absolute Gasteiger partial charge is 0.306 e. The van der Waals surface area contributed by atoms with E-state index in [1.807, 2.05) is 12.2 Å². The van der Waals surface area contributed by atoms with Crippen LogP contribution in [0.4, 0.5) is 0 Å². The minimum Gasteiger partial charge on any atom is -0.462 e. The molecule has 0 heterocycles. The summed E-state index contributed by atoms with van der Waals surface area (Å²) in [4.78, 5) is 37.9. The van der Waals surface area contributed by atoms with E-state index in [-0.39, 0.29) is 44.0 Å². The largest absolute Gasteiger partial charge is 0.462 e. The summed E-state index contributed by atoms with van der Waals surface area (Å²) < 4.78 is 16.6. The molecule has 1 unspecified atom stereocenters. The molecular weight excluding hydrogens is 781 g/mol. The van der Waals surface area contributed by atoms with E-state index in [9.17, 15) is 14.4 Å². The lowest BCUT2D eigenvalue weighted by Crippen LogP contribution is -2.30. The van der Waals surface area contributed by atoms with Gasteiger partial charge in [0.15, 0.2) is 6.10 Å². The minimum atomic E-state index is -0.844. The number of hydrogen-bond donors (Lipinski definition) is 0. The van der Waals surface area contributed by atoms with Crippen molar-refractivity contribution in [1.29, 1.82) is 0 Å². The van der Waals surface area contributed by atoms with E-state index in [1.165, 1.54) is 0 Å². The third-order valence-corrected chi connectivity index (χ3v) is 9.33. The lowest BCUT2D eigenvalue weighted by molar-refractivity contribution is -0.166. The summed E-state index contributed by atoms with van der Waals surface area (Å²) in [7, 11) is 0. The Balaban J connectivity index is 4.62. The summed E-state index contributed by atoms with van der Waals surface area (Å²) in [5.41, 5.74) is 0. The number of hydrogen-bond acceptors (Lipinski definition) is 6. The van der Waals surface area contributed by atoms with Gasteiger partial charge in [-0.2, -0.15) is 0 Å². The molecule has 350 valence electrons. The van der Waals surface area contributed by atoms with Crippen molar-refractivity contribution in [1.82, 2.24) is 0 Å². The Kier molecular flexibility index (Phi) is 46.2. The van der Waals surface area contributed by atoms with Crippen molar-refractivity contribution in [2.45, 2.75) is 181 Å². The van der Waals surface area contributed by atoms with Crippen LogP contribution in [0, 0.1) is 0 Å². The molecule has 0 fully saturated rings. The SMILES string of the molecule is CC/C=C\C/C=C\C/C=C\C/C=C\CCCCCCC(=O)OCC(COC(=O)CC/C=C\C/C=C\C/C=C\C/C=C\CC)OC(=O)CCCC/C=C\C/C=C\C/C=C\C/C=C\CC. The first kappa shape index (κ1) is 58.3. The second-order valence-corrected chi connectivity index (χ2v) is 15.2. The summed E-state index contributed by atoms with van der Waals surface area (Å²) in [5, 5.41) is 0. The molecule has 0 aliphatic carbocycles. The number of carbonyl (C=O) groups excluding carboxylic acids is 3. The first-order valence-corrected chi connectivity index (χ1v) is 24.3. The first-order chi connectivity index (χ1) is 31.0. The maximum absolute atomic E-state index is 12.8. The minimum absolute atomic E-state index is 0.136. The van der Waals surface area contributed by atoms with Crippen LogP contribution in [0.2, 0.25) is 0 Å². The zero-order valence-corrected chi connectivity index (χ0v) is 39.8. The highest BCUT2D eigenvalue weighted by atomic mass is 16.6. The van der Waals surface area contributed by atoms with Crippen LogP contribution in [-0.2, 0) is 28.6 Å². The zero-order valence-electron chi connectivity index (χ0n) is 39.8. The Hall–Kier alpha value is -4.71. The summed E-state index contributed by atoms with van der Waals surface area (Å²) in [6.45, 7) is 6.13. The molecular formula is C57H86O6. The van der Waals surface area contributed by atoms with E-state index in [0.29, 0.717) is 19.3 Å². The van der Waals surface area contributed by atoms with Gasteiger partial charge in [0.25, 0.3) is 0 Å². The molecule has 6 nitrogen and oxygen atoms in total. The Morgan fingerprint density at radius 2 is 0.603 bits per heavy atom. The lowest BCUT2D eigenvalue weighted by atomic mass is 10.1. The van der Waals surface area contributed by atoms with Crippen LogP contribution in [0.15, 0.2) is 146 Å². The molecule has 63 heavy (non-hydrogen) atoms. The average molecular weight is 867 g/mol. The molecule has 0 amide bonds. The van der Waals surface area contributed by atoms with Crippen LogP contribution in [-0.4, -0.2) is 37.2 Å². The summed E-state index contributed by atoms with van der Waals surface area (Å²) >= 11 is 0. The number of rotatable bonds is 41. The number of unbranched alkanes of at least 4 members (excludes halogenated alkanes) is 6. The van der Waals surface area contributed by atoms with Crippen molar-refractivity contribution in [2.24, 2.45) is 0 Å². The van der Waals surface area contributed by atoms with E-state index in [0.717, 1.165) is 122 Å². The predicted molar refractivity (Wildman–Crippen MR) is 269 cm³/mol. The molecule has 6 heteroatoms. The molecule has 0 saturated carbocycles. The topological polar surface area (TPSA) is 78.9 Å². The summed E-state index contributed by atoms with van der Waals surface area (Å²) in [5.74, 6) is -1.10. The lowest BCUT2D eigenvalue weighted by Gasteiger charge is -2.18. The van der Waals surface area contributed by atoms with Gasteiger partial charge in [-0.1, -0.05) is 179 Å². The first-order valence-electron chi connectivity index (χ1n) is 24.3. The molecule has 0 aromatic heterocycles. The van der Waals surface area contributed by atoms with Gasteiger partial charge < -0.3 is 14.2 Å². The van der Waals surface area contributed by atoms with Crippen LogP contribution in [0.5, 0.6) is 0 Å². The Morgan fingerprint density at radius 1 is 0.317 bits per heavy atom. The Morgan fingerprint density at radius 3 is 1.00 bits per heavy atom. The van der Waals surface area contributed by atoms with E-state index >= 15 is 0 Å². The third-order valence-electron chi connectivity index (χ3n) is 9.33.